The van der Waals surface area contributed by atoms with Crippen LogP contribution >= 0.6 is 0 Å². The molecular weight excluding hydrogens is 338 g/mol. The Kier molecular flexibility index (Phi) is 7.27. The highest BCUT2D eigenvalue weighted by Gasteiger charge is 2.20. The predicted octanol–water partition coefficient (Wildman–Crippen LogP) is 3.95. The van der Waals surface area contributed by atoms with Crippen LogP contribution in [0.5, 0.6) is 5.75 Å². The molecule has 0 amide bonds. The van der Waals surface area contributed by atoms with Gasteiger partial charge in [-0.3, -0.25) is 4.90 Å². The molecule has 2 aromatic rings. The van der Waals surface area contributed by atoms with Crippen LogP contribution in [0.1, 0.15) is 25.0 Å². The Hall–Kier alpha value is -1.88. The zero-order chi connectivity index (χ0) is 19.0. The van der Waals surface area contributed by atoms with Crippen LogP contribution in [-0.2, 0) is 16.1 Å². The van der Waals surface area contributed by atoms with Crippen molar-refractivity contribution in [3.8, 4) is 5.75 Å². The fourth-order valence-corrected chi connectivity index (χ4v) is 3.06. The Labute approximate surface area is 163 Å². The second-order valence-electron chi connectivity index (χ2n) is 7.39. The molecule has 27 heavy (non-hydrogen) atoms. The van der Waals surface area contributed by atoms with Crippen LogP contribution in [-0.4, -0.2) is 50.0 Å². The summed E-state index contributed by atoms with van der Waals surface area (Å²) in [5.41, 5.74) is 1.98. The highest BCUT2D eigenvalue weighted by Crippen LogP contribution is 2.23. The van der Waals surface area contributed by atoms with Crippen molar-refractivity contribution in [3.05, 3.63) is 72.1 Å². The number of hydrogen-bond acceptors (Lipinski definition) is 4. The van der Waals surface area contributed by atoms with Crippen molar-refractivity contribution in [2.45, 2.75) is 26.1 Å². The third-order valence-electron chi connectivity index (χ3n) is 4.63. The maximum absolute atomic E-state index is 6.08. The van der Waals surface area contributed by atoms with Gasteiger partial charge in [-0.2, -0.15) is 0 Å². The predicted molar refractivity (Wildman–Crippen MR) is 108 cm³/mol. The van der Waals surface area contributed by atoms with E-state index < -0.39 is 0 Å². The van der Waals surface area contributed by atoms with Gasteiger partial charge in [-0.05, 0) is 37.1 Å². The first-order valence-electron chi connectivity index (χ1n) is 9.67. The van der Waals surface area contributed by atoms with Crippen molar-refractivity contribution in [1.29, 1.82) is 0 Å². The van der Waals surface area contributed by atoms with E-state index in [9.17, 15) is 0 Å². The molecule has 1 aliphatic heterocycles. The normalized spacial score (nSPS) is 15.6. The van der Waals surface area contributed by atoms with E-state index in [1.165, 1.54) is 5.56 Å². The number of nitrogens with zero attached hydrogens (tertiary/aromatic N) is 1. The van der Waals surface area contributed by atoms with Gasteiger partial charge in [-0.25, -0.2) is 0 Å². The second kappa shape index (κ2) is 9.88. The molecule has 0 unspecified atom stereocenters. The first-order valence-corrected chi connectivity index (χ1v) is 9.67. The molecule has 1 saturated heterocycles. The lowest BCUT2D eigenvalue weighted by Gasteiger charge is -2.26. The van der Waals surface area contributed by atoms with Gasteiger partial charge in [0.05, 0.1) is 25.4 Å². The van der Waals surface area contributed by atoms with Crippen LogP contribution in [0.2, 0.25) is 0 Å². The van der Waals surface area contributed by atoms with Gasteiger partial charge in [-0.1, -0.05) is 42.5 Å². The molecule has 0 bridgehead atoms. The van der Waals surface area contributed by atoms with E-state index in [0.29, 0.717) is 13.2 Å². The molecule has 0 saturated carbocycles. The summed E-state index contributed by atoms with van der Waals surface area (Å²) in [5.74, 6) is 0.906. The standard InChI is InChI=1S/C23H30NO3/c1-23(2,27-19-21-6-4-3-5-7-21)18-20-8-10-22(11-9-20)26-17-14-24-12-15-25-16-13-24/h3-11,18H,12-17,19H2,1-2H3. The summed E-state index contributed by atoms with van der Waals surface area (Å²) < 4.78 is 17.3. The zero-order valence-electron chi connectivity index (χ0n) is 16.4. The molecule has 0 spiro atoms. The van der Waals surface area contributed by atoms with Crippen molar-refractivity contribution < 1.29 is 14.2 Å². The molecule has 4 heteroatoms. The fraction of sp³-hybridized carbons (Fsp3) is 0.435. The highest BCUT2D eigenvalue weighted by atomic mass is 16.5. The minimum atomic E-state index is -0.339. The smallest absolute Gasteiger partial charge is 0.119 e. The summed E-state index contributed by atoms with van der Waals surface area (Å²) in [7, 11) is 0. The van der Waals surface area contributed by atoms with E-state index in [4.69, 9.17) is 14.2 Å². The van der Waals surface area contributed by atoms with E-state index in [2.05, 4.69) is 49.4 Å². The van der Waals surface area contributed by atoms with Crippen LogP contribution in [0, 0.1) is 6.42 Å². The van der Waals surface area contributed by atoms with Gasteiger partial charge in [0, 0.05) is 26.1 Å². The maximum atomic E-state index is 6.08. The van der Waals surface area contributed by atoms with Crippen molar-refractivity contribution in [2.24, 2.45) is 0 Å². The molecule has 1 fully saturated rings. The van der Waals surface area contributed by atoms with Crippen LogP contribution in [0.15, 0.2) is 54.6 Å². The summed E-state index contributed by atoms with van der Waals surface area (Å²) in [6.07, 6.45) is 2.15. The van der Waals surface area contributed by atoms with Gasteiger partial charge in [0.1, 0.15) is 12.4 Å². The largest absolute Gasteiger partial charge is 0.492 e. The first-order chi connectivity index (χ1) is 13.1. The van der Waals surface area contributed by atoms with Gasteiger partial charge in [0.15, 0.2) is 0 Å². The Morgan fingerprint density at radius 2 is 1.70 bits per heavy atom. The quantitative estimate of drug-likeness (QED) is 0.671. The molecule has 1 heterocycles. The minimum absolute atomic E-state index is 0.339. The summed E-state index contributed by atoms with van der Waals surface area (Å²) >= 11 is 0. The molecule has 0 aliphatic carbocycles. The van der Waals surface area contributed by atoms with Crippen molar-refractivity contribution >= 4 is 0 Å². The number of morpholine rings is 1. The molecule has 1 aliphatic rings. The molecule has 2 aromatic carbocycles. The Morgan fingerprint density at radius 1 is 1.00 bits per heavy atom. The molecule has 4 nitrogen and oxygen atoms in total. The number of hydrogen-bond donors (Lipinski definition) is 0. The van der Waals surface area contributed by atoms with Gasteiger partial charge in [0.2, 0.25) is 0 Å². The van der Waals surface area contributed by atoms with Crippen LogP contribution < -0.4 is 4.74 Å². The lowest BCUT2D eigenvalue weighted by molar-refractivity contribution is -0.00248. The first kappa shape index (κ1) is 19.9. The van der Waals surface area contributed by atoms with Gasteiger partial charge in [0.25, 0.3) is 0 Å². The summed E-state index contributed by atoms with van der Waals surface area (Å²) in [6, 6.07) is 18.5. The topological polar surface area (TPSA) is 30.9 Å². The highest BCUT2D eigenvalue weighted by molar-refractivity contribution is 5.33. The van der Waals surface area contributed by atoms with Gasteiger partial charge < -0.3 is 14.2 Å². The lowest BCUT2D eigenvalue weighted by Crippen LogP contribution is -2.38. The molecule has 145 valence electrons. The zero-order valence-corrected chi connectivity index (χ0v) is 16.4. The third-order valence-corrected chi connectivity index (χ3v) is 4.63. The maximum Gasteiger partial charge on any atom is 0.119 e. The van der Waals surface area contributed by atoms with Crippen molar-refractivity contribution in [3.63, 3.8) is 0 Å². The van der Waals surface area contributed by atoms with E-state index in [1.807, 2.05) is 30.3 Å². The monoisotopic (exact) mass is 368 g/mol. The number of rotatable bonds is 9. The molecule has 0 aromatic heterocycles. The van der Waals surface area contributed by atoms with Crippen LogP contribution in [0.3, 0.4) is 0 Å². The number of ether oxygens (including phenoxy) is 3. The molecule has 1 radical (unpaired) electrons. The van der Waals surface area contributed by atoms with E-state index >= 15 is 0 Å². The average Bonchev–Trinajstić information content (AvgIpc) is 2.69. The third kappa shape index (κ3) is 6.98. The van der Waals surface area contributed by atoms with Crippen LogP contribution in [0.4, 0.5) is 0 Å². The minimum Gasteiger partial charge on any atom is -0.492 e. The van der Waals surface area contributed by atoms with Gasteiger partial charge >= 0.3 is 0 Å². The molecule has 0 N–H and O–H groups in total. The fourth-order valence-electron chi connectivity index (χ4n) is 3.06. The average molecular weight is 368 g/mol. The SMILES string of the molecule is CC(C)([CH]c1ccc(OCCN2CCOCC2)cc1)OCc1ccccc1. The van der Waals surface area contributed by atoms with Crippen molar-refractivity contribution in [1.82, 2.24) is 4.90 Å². The van der Waals surface area contributed by atoms with Gasteiger partial charge in [-0.15, -0.1) is 0 Å². The van der Waals surface area contributed by atoms with E-state index in [1.54, 1.807) is 0 Å². The Balaban J connectivity index is 1.42. The Morgan fingerprint density at radius 3 is 2.41 bits per heavy atom. The summed E-state index contributed by atoms with van der Waals surface area (Å²) in [4.78, 5) is 2.37. The summed E-state index contributed by atoms with van der Waals surface area (Å²) in [5, 5.41) is 0. The molecule has 3 rings (SSSR count). The Bertz CT molecular complexity index is 664. The molecular formula is C23H30NO3. The van der Waals surface area contributed by atoms with Crippen molar-refractivity contribution in [2.75, 3.05) is 39.5 Å². The lowest BCUT2D eigenvalue weighted by atomic mass is 9.98. The van der Waals surface area contributed by atoms with E-state index in [-0.39, 0.29) is 5.60 Å². The van der Waals surface area contributed by atoms with Crippen LogP contribution in [0.25, 0.3) is 0 Å². The van der Waals surface area contributed by atoms with E-state index in [0.717, 1.165) is 44.2 Å². The summed E-state index contributed by atoms with van der Waals surface area (Å²) in [6.45, 7) is 10.1. The second-order valence-corrected chi connectivity index (χ2v) is 7.39. The number of benzene rings is 2. The molecule has 0 atom stereocenters.